The third-order valence-electron chi connectivity index (χ3n) is 3.67. The number of aromatic nitrogens is 1. The van der Waals surface area contributed by atoms with Gasteiger partial charge in [-0.25, -0.2) is 0 Å². The summed E-state index contributed by atoms with van der Waals surface area (Å²) in [6.45, 7) is 5.59. The van der Waals surface area contributed by atoms with E-state index in [9.17, 15) is 4.79 Å². The van der Waals surface area contributed by atoms with Crippen LogP contribution in [0.1, 0.15) is 33.3 Å². The zero-order valence-electron chi connectivity index (χ0n) is 14.1. The Labute approximate surface area is 149 Å². The van der Waals surface area contributed by atoms with Crippen molar-refractivity contribution < 1.29 is 18.5 Å². The van der Waals surface area contributed by atoms with Crippen LogP contribution in [0, 0.1) is 20.8 Å². The van der Waals surface area contributed by atoms with Crippen LogP contribution in [0.5, 0.6) is 5.75 Å². The van der Waals surface area contributed by atoms with Gasteiger partial charge in [-0.05, 0) is 56.7 Å². The van der Waals surface area contributed by atoms with Gasteiger partial charge in [0.15, 0.2) is 11.5 Å². The Balaban J connectivity index is 1.63. The summed E-state index contributed by atoms with van der Waals surface area (Å²) in [6.07, 6.45) is 0. The van der Waals surface area contributed by atoms with Crippen molar-refractivity contribution in [3.63, 3.8) is 0 Å². The van der Waals surface area contributed by atoms with Gasteiger partial charge in [-0.15, -0.1) is 0 Å². The molecule has 130 valence electrons. The molecule has 0 saturated heterocycles. The van der Waals surface area contributed by atoms with E-state index in [2.05, 4.69) is 10.5 Å². The van der Waals surface area contributed by atoms with Gasteiger partial charge >= 0.3 is 0 Å². The van der Waals surface area contributed by atoms with Gasteiger partial charge < -0.3 is 19.0 Å². The topological polar surface area (TPSA) is 77.5 Å². The Bertz CT molecular complexity index is 894. The van der Waals surface area contributed by atoms with Crippen molar-refractivity contribution in [1.82, 2.24) is 5.16 Å². The second-order valence-electron chi connectivity index (χ2n) is 5.62. The van der Waals surface area contributed by atoms with E-state index in [1.165, 1.54) is 0 Å². The molecular formula is C18H17ClN2O4. The number of carbonyl (C=O) groups excluding carboxylic acids is 1. The zero-order chi connectivity index (χ0) is 18.0. The highest BCUT2D eigenvalue weighted by Gasteiger charge is 2.16. The van der Waals surface area contributed by atoms with Gasteiger partial charge in [-0.2, -0.15) is 0 Å². The van der Waals surface area contributed by atoms with Crippen molar-refractivity contribution >= 4 is 23.2 Å². The Morgan fingerprint density at radius 3 is 2.72 bits per heavy atom. The van der Waals surface area contributed by atoms with Crippen LogP contribution in [0.3, 0.4) is 0 Å². The standard InChI is InChI=1S/C18H17ClN2O4/c1-10-8-13(4-6-15(10)19)23-9-14-5-7-16(24-14)18(22)20-17-11(2)21-25-12(17)3/h4-8H,9H2,1-3H3,(H,20,22). The molecule has 0 atom stereocenters. The molecule has 0 bridgehead atoms. The van der Waals surface area contributed by atoms with Crippen LogP contribution in [0.4, 0.5) is 5.69 Å². The van der Waals surface area contributed by atoms with Crippen molar-refractivity contribution in [2.45, 2.75) is 27.4 Å². The molecule has 3 rings (SSSR count). The van der Waals surface area contributed by atoms with Gasteiger partial charge in [0.2, 0.25) is 0 Å². The van der Waals surface area contributed by atoms with Crippen molar-refractivity contribution in [3.8, 4) is 5.75 Å². The van der Waals surface area contributed by atoms with Gasteiger partial charge in [0.05, 0.1) is 0 Å². The molecule has 1 amide bonds. The number of furan rings is 1. The molecule has 0 saturated carbocycles. The first-order valence-electron chi connectivity index (χ1n) is 7.66. The average Bonchev–Trinajstić information content (AvgIpc) is 3.18. The molecule has 25 heavy (non-hydrogen) atoms. The van der Waals surface area contributed by atoms with Crippen LogP contribution in [-0.2, 0) is 6.61 Å². The first kappa shape index (κ1) is 17.1. The molecule has 1 aromatic carbocycles. The number of ether oxygens (including phenoxy) is 1. The van der Waals surface area contributed by atoms with Crippen LogP contribution in [0.2, 0.25) is 5.02 Å². The first-order chi connectivity index (χ1) is 11.9. The van der Waals surface area contributed by atoms with Gasteiger partial charge in [-0.1, -0.05) is 16.8 Å². The van der Waals surface area contributed by atoms with Crippen molar-refractivity contribution in [1.29, 1.82) is 0 Å². The second kappa shape index (κ2) is 7.03. The number of rotatable bonds is 5. The molecular weight excluding hydrogens is 344 g/mol. The van der Waals surface area contributed by atoms with E-state index < -0.39 is 0 Å². The van der Waals surface area contributed by atoms with Crippen LogP contribution >= 0.6 is 11.6 Å². The Hall–Kier alpha value is -2.73. The Morgan fingerprint density at radius 1 is 1.24 bits per heavy atom. The minimum absolute atomic E-state index is 0.186. The molecule has 0 aliphatic carbocycles. The minimum atomic E-state index is -0.372. The number of hydrogen-bond donors (Lipinski definition) is 1. The molecule has 0 unspecified atom stereocenters. The third kappa shape index (κ3) is 3.85. The highest BCUT2D eigenvalue weighted by atomic mass is 35.5. The van der Waals surface area contributed by atoms with E-state index in [1.54, 1.807) is 38.1 Å². The molecule has 3 aromatic rings. The highest BCUT2D eigenvalue weighted by molar-refractivity contribution is 6.31. The lowest BCUT2D eigenvalue weighted by molar-refractivity contribution is 0.0992. The fraction of sp³-hybridized carbons (Fsp3) is 0.222. The first-order valence-corrected chi connectivity index (χ1v) is 8.03. The lowest BCUT2D eigenvalue weighted by Crippen LogP contribution is -2.12. The van der Waals surface area contributed by atoms with Crippen molar-refractivity contribution in [3.05, 3.63) is 63.9 Å². The maximum Gasteiger partial charge on any atom is 0.291 e. The van der Waals surface area contributed by atoms with Gasteiger partial charge in [-0.3, -0.25) is 4.79 Å². The van der Waals surface area contributed by atoms with Crippen LogP contribution in [0.25, 0.3) is 0 Å². The predicted octanol–water partition coefficient (Wildman–Crippen LogP) is 4.68. The zero-order valence-corrected chi connectivity index (χ0v) is 14.8. The van der Waals surface area contributed by atoms with Crippen LogP contribution in [-0.4, -0.2) is 11.1 Å². The summed E-state index contributed by atoms with van der Waals surface area (Å²) in [6, 6.07) is 8.70. The molecule has 2 aromatic heterocycles. The number of nitrogens with zero attached hydrogens (tertiary/aromatic N) is 1. The number of carbonyl (C=O) groups is 1. The van der Waals surface area contributed by atoms with Crippen molar-refractivity contribution in [2.24, 2.45) is 0 Å². The third-order valence-corrected chi connectivity index (χ3v) is 4.09. The summed E-state index contributed by atoms with van der Waals surface area (Å²) in [5.41, 5.74) is 2.09. The maximum absolute atomic E-state index is 12.3. The molecule has 6 nitrogen and oxygen atoms in total. The van der Waals surface area contributed by atoms with E-state index in [0.29, 0.717) is 33.7 Å². The predicted molar refractivity (Wildman–Crippen MR) is 93.2 cm³/mol. The normalized spacial score (nSPS) is 10.7. The summed E-state index contributed by atoms with van der Waals surface area (Å²) >= 11 is 5.99. The number of halogens is 1. The quantitative estimate of drug-likeness (QED) is 0.714. The lowest BCUT2D eigenvalue weighted by atomic mass is 10.2. The molecule has 0 radical (unpaired) electrons. The molecule has 0 aliphatic rings. The van der Waals surface area contributed by atoms with Crippen LogP contribution in [0.15, 0.2) is 39.3 Å². The Kier molecular flexibility index (Phi) is 4.81. The summed E-state index contributed by atoms with van der Waals surface area (Å²) < 4.78 is 16.2. The van der Waals surface area contributed by atoms with E-state index in [1.807, 2.05) is 13.0 Å². The molecule has 1 N–H and O–H groups in total. The van der Waals surface area contributed by atoms with E-state index >= 15 is 0 Å². The maximum atomic E-state index is 12.3. The molecule has 0 fully saturated rings. The van der Waals surface area contributed by atoms with Crippen molar-refractivity contribution in [2.75, 3.05) is 5.32 Å². The lowest BCUT2D eigenvalue weighted by Gasteiger charge is -2.06. The number of nitrogens with one attached hydrogen (secondary N) is 1. The largest absolute Gasteiger partial charge is 0.486 e. The SMILES string of the molecule is Cc1cc(OCc2ccc(C(=O)Nc3c(C)noc3C)o2)ccc1Cl. The van der Waals surface area contributed by atoms with Gasteiger partial charge in [0, 0.05) is 5.02 Å². The fourth-order valence-corrected chi connectivity index (χ4v) is 2.39. The molecule has 2 heterocycles. The second-order valence-corrected chi connectivity index (χ2v) is 6.03. The number of hydrogen-bond acceptors (Lipinski definition) is 5. The fourth-order valence-electron chi connectivity index (χ4n) is 2.28. The summed E-state index contributed by atoms with van der Waals surface area (Å²) in [5, 5.41) is 7.21. The summed E-state index contributed by atoms with van der Waals surface area (Å²) in [7, 11) is 0. The van der Waals surface area contributed by atoms with Crippen LogP contribution < -0.4 is 10.1 Å². The highest BCUT2D eigenvalue weighted by Crippen LogP contribution is 2.23. The number of aryl methyl sites for hydroxylation is 3. The van der Waals surface area contributed by atoms with E-state index in [4.69, 9.17) is 25.3 Å². The number of anilines is 1. The molecule has 0 aliphatic heterocycles. The smallest absolute Gasteiger partial charge is 0.291 e. The monoisotopic (exact) mass is 360 g/mol. The molecule has 0 spiro atoms. The number of benzene rings is 1. The molecule has 7 heteroatoms. The minimum Gasteiger partial charge on any atom is -0.486 e. The average molecular weight is 361 g/mol. The summed E-state index contributed by atoms with van der Waals surface area (Å²) in [5.74, 6) is 1.57. The van der Waals surface area contributed by atoms with Gasteiger partial charge in [0.1, 0.15) is 29.5 Å². The van der Waals surface area contributed by atoms with Gasteiger partial charge in [0.25, 0.3) is 5.91 Å². The van der Waals surface area contributed by atoms with E-state index in [-0.39, 0.29) is 18.3 Å². The van der Waals surface area contributed by atoms with E-state index in [0.717, 1.165) is 5.56 Å². The summed E-state index contributed by atoms with van der Waals surface area (Å²) in [4.78, 5) is 12.3. The Morgan fingerprint density at radius 2 is 2.04 bits per heavy atom. The number of amides is 1.